The van der Waals surface area contributed by atoms with Crippen molar-refractivity contribution in [1.82, 2.24) is 15.5 Å². The van der Waals surface area contributed by atoms with E-state index in [-0.39, 0.29) is 5.91 Å². The number of hydrogen-bond acceptors (Lipinski definition) is 4. The summed E-state index contributed by atoms with van der Waals surface area (Å²) in [6, 6.07) is 3.99. The molecule has 0 saturated carbocycles. The Labute approximate surface area is 112 Å². The maximum atomic E-state index is 11.6. The monoisotopic (exact) mass is 267 g/mol. The van der Waals surface area contributed by atoms with E-state index in [1.807, 2.05) is 17.5 Å². The van der Waals surface area contributed by atoms with E-state index >= 15 is 0 Å². The van der Waals surface area contributed by atoms with E-state index in [4.69, 9.17) is 0 Å². The molecule has 1 aliphatic heterocycles. The predicted molar refractivity (Wildman–Crippen MR) is 75.0 cm³/mol. The van der Waals surface area contributed by atoms with Gasteiger partial charge < -0.3 is 15.5 Å². The molecule has 0 radical (unpaired) electrons. The molecule has 18 heavy (non-hydrogen) atoms. The standard InChI is InChI=1S/C13H21N3OS/c17-13(11-12-3-1-10-18-12)15-4-2-7-16-8-5-14-6-9-16/h1,3,10,14H,2,4-9,11H2,(H,15,17). The second kappa shape index (κ2) is 7.51. The first-order valence-corrected chi connectivity index (χ1v) is 7.45. The van der Waals surface area contributed by atoms with E-state index in [2.05, 4.69) is 15.5 Å². The van der Waals surface area contributed by atoms with Crippen LogP contribution in [0.5, 0.6) is 0 Å². The zero-order valence-corrected chi connectivity index (χ0v) is 11.5. The molecule has 1 aliphatic rings. The van der Waals surface area contributed by atoms with E-state index in [0.29, 0.717) is 6.42 Å². The molecule has 1 aromatic heterocycles. The molecule has 2 N–H and O–H groups in total. The Hall–Kier alpha value is -0.910. The van der Waals surface area contributed by atoms with Crippen LogP contribution in [0.2, 0.25) is 0 Å². The number of carbonyl (C=O) groups is 1. The number of nitrogens with one attached hydrogen (secondary N) is 2. The highest BCUT2D eigenvalue weighted by atomic mass is 32.1. The number of rotatable bonds is 6. The van der Waals surface area contributed by atoms with Gasteiger partial charge in [-0.1, -0.05) is 6.07 Å². The minimum atomic E-state index is 0.137. The summed E-state index contributed by atoms with van der Waals surface area (Å²) in [5, 5.41) is 8.33. The number of nitrogens with zero attached hydrogens (tertiary/aromatic N) is 1. The van der Waals surface area contributed by atoms with Crippen molar-refractivity contribution in [2.24, 2.45) is 0 Å². The summed E-state index contributed by atoms with van der Waals surface area (Å²) in [6.45, 7) is 6.30. The van der Waals surface area contributed by atoms with E-state index in [0.717, 1.165) is 50.6 Å². The van der Waals surface area contributed by atoms with Crippen LogP contribution in [0, 0.1) is 0 Å². The lowest BCUT2D eigenvalue weighted by atomic mass is 10.3. The van der Waals surface area contributed by atoms with Gasteiger partial charge in [-0.25, -0.2) is 0 Å². The molecule has 0 unspecified atom stereocenters. The Morgan fingerprint density at radius 2 is 2.28 bits per heavy atom. The van der Waals surface area contributed by atoms with Crippen LogP contribution in [-0.4, -0.2) is 50.1 Å². The van der Waals surface area contributed by atoms with Crippen molar-refractivity contribution >= 4 is 17.2 Å². The molecule has 1 saturated heterocycles. The van der Waals surface area contributed by atoms with Gasteiger partial charge in [0.25, 0.3) is 0 Å². The summed E-state index contributed by atoms with van der Waals surface area (Å²) in [6.07, 6.45) is 1.56. The molecule has 2 rings (SSSR count). The highest BCUT2D eigenvalue weighted by Crippen LogP contribution is 2.08. The van der Waals surface area contributed by atoms with Crippen molar-refractivity contribution in [2.75, 3.05) is 39.3 Å². The van der Waals surface area contributed by atoms with Gasteiger partial charge in [-0.15, -0.1) is 11.3 Å². The van der Waals surface area contributed by atoms with E-state index < -0.39 is 0 Å². The molecule has 1 amide bonds. The highest BCUT2D eigenvalue weighted by molar-refractivity contribution is 7.10. The maximum absolute atomic E-state index is 11.6. The number of piperazine rings is 1. The first-order valence-electron chi connectivity index (χ1n) is 6.57. The van der Waals surface area contributed by atoms with Gasteiger partial charge in [0.2, 0.25) is 5.91 Å². The minimum absolute atomic E-state index is 0.137. The summed E-state index contributed by atoms with van der Waals surface area (Å²) in [4.78, 5) is 15.2. The van der Waals surface area contributed by atoms with Gasteiger partial charge in [0.1, 0.15) is 0 Å². The molecule has 1 fully saturated rings. The lowest BCUT2D eigenvalue weighted by Crippen LogP contribution is -2.44. The third-order valence-corrected chi connectivity index (χ3v) is 3.97. The Morgan fingerprint density at radius 1 is 1.44 bits per heavy atom. The summed E-state index contributed by atoms with van der Waals surface area (Å²) < 4.78 is 0. The second-order valence-electron chi connectivity index (χ2n) is 4.55. The SMILES string of the molecule is O=C(Cc1cccs1)NCCCN1CCNCC1. The zero-order valence-electron chi connectivity index (χ0n) is 10.7. The van der Waals surface area contributed by atoms with Crippen LogP contribution in [0.25, 0.3) is 0 Å². The predicted octanol–water partition coefficient (Wildman–Crippen LogP) is 0.702. The maximum Gasteiger partial charge on any atom is 0.225 e. The fourth-order valence-electron chi connectivity index (χ4n) is 2.10. The van der Waals surface area contributed by atoms with Gasteiger partial charge in [0.05, 0.1) is 6.42 Å². The minimum Gasteiger partial charge on any atom is -0.356 e. The van der Waals surface area contributed by atoms with Crippen LogP contribution >= 0.6 is 11.3 Å². The quantitative estimate of drug-likeness (QED) is 0.746. The molecule has 0 bridgehead atoms. The molecule has 0 spiro atoms. The summed E-state index contributed by atoms with van der Waals surface area (Å²) in [5.74, 6) is 0.137. The summed E-state index contributed by atoms with van der Waals surface area (Å²) in [5.41, 5.74) is 0. The molecule has 5 heteroatoms. The zero-order chi connectivity index (χ0) is 12.6. The van der Waals surface area contributed by atoms with Crippen LogP contribution in [0.3, 0.4) is 0 Å². The Balaban J connectivity index is 1.53. The van der Waals surface area contributed by atoms with Crippen molar-refractivity contribution in [3.8, 4) is 0 Å². The average molecular weight is 267 g/mol. The molecule has 0 atom stereocenters. The molecule has 0 aromatic carbocycles. The van der Waals surface area contributed by atoms with Crippen LogP contribution in [-0.2, 0) is 11.2 Å². The van der Waals surface area contributed by atoms with Gasteiger partial charge in [0, 0.05) is 37.6 Å². The third kappa shape index (κ3) is 4.76. The largest absolute Gasteiger partial charge is 0.356 e. The van der Waals surface area contributed by atoms with Crippen molar-refractivity contribution in [3.05, 3.63) is 22.4 Å². The molecule has 2 heterocycles. The van der Waals surface area contributed by atoms with E-state index in [1.54, 1.807) is 11.3 Å². The number of thiophene rings is 1. The summed E-state index contributed by atoms with van der Waals surface area (Å²) >= 11 is 1.64. The fourth-order valence-corrected chi connectivity index (χ4v) is 2.80. The molecule has 100 valence electrons. The van der Waals surface area contributed by atoms with Crippen LogP contribution in [0.4, 0.5) is 0 Å². The fraction of sp³-hybridized carbons (Fsp3) is 0.615. The van der Waals surface area contributed by atoms with Gasteiger partial charge in [-0.3, -0.25) is 4.79 Å². The Kier molecular flexibility index (Phi) is 5.64. The highest BCUT2D eigenvalue weighted by Gasteiger charge is 2.09. The topological polar surface area (TPSA) is 44.4 Å². The lowest BCUT2D eigenvalue weighted by Gasteiger charge is -2.27. The van der Waals surface area contributed by atoms with E-state index in [9.17, 15) is 4.79 Å². The first-order chi connectivity index (χ1) is 8.84. The molecular formula is C13H21N3OS. The van der Waals surface area contributed by atoms with Crippen molar-refractivity contribution < 1.29 is 4.79 Å². The smallest absolute Gasteiger partial charge is 0.225 e. The Morgan fingerprint density at radius 3 is 3.00 bits per heavy atom. The Bertz CT molecular complexity index is 347. The first kappa shape index (κ1) is 13.5. The molecule has 1 aromatic rings. The van der Waals surface area contributed by atoms with Crippen LogP contribution < -0.4 is 10.6 Å². The normalized spacial score (nSPS) is 16.7. The number of amides is 1. The second-order valence-corrected chi connectivity index (χ2v) is 5.58. The van der Waals surface area contributed by atoms with Crippen molar-refractivity contribution in [2.45, 2.75) is 12.8 Å². The van der Waals surface area contributed by atoms with E-state index in [1.165, 1.54) is 0 Å². The lowest BCUT2D eigenvalue weighted by molar-refractivity contribution is -0.120. The van der Waals surface area contributed by atoms with Crippen molar-refractivity contribution in [3.63, 3.8) is 0 Å². The molecule has 4 nitrogen and oxygen atoms in total. The number of hydrogen-bond donors (Lipinski definition) is 2. The van der Waals surface area contributed by atoms with Gasteiger partial charge >= 0.3 is 0 Å². The van der Waals surface area contributed by atoms with Crippen LogP contribution in [0.1, 0.15) is 11.3 Å². The van der Waals surface area contributed by atoms with Gasteiger partial charge in [-0.2, -0.15) is 0 Å². The average Bonchev–Trinajstić information content (AvgIpc) is 2.89. The van der Waals surface area contributed by atoms with Gasteiger partial charge in [0.15, 0.2) is 0 Å². The third-order valence-electron chi connectivity index (χ3n) is 3.10. The summed E-state index contributed by atoms with van der Waals surface area (Å²) in [7, 11) is 0. The van der Waals surface area contributed by atoms with Crippen molar-refractivity contribution in [1.29, 1.82) is 0 Å². The number of carbonyl (C=O) groups excluding carboxylic acids is 1. The molecular weight excluding hydrogens is 246 g/mol. The molecule has 0 aliphatic carbocycles. The van der Waals surface area contributed by atoms with Gasteiger partial charge in [-0.05, 0) is 24.4 Å². The van der Waals surface area contributed by atoms with Crippen LogP contribution in [0.15, 0.2) is 17.5 Å².